The summed E-state index contributed by atoms with van der Waals surface area (Å²) in [7, 11) is 0. The summed E-state index contributed by atoms with van der Waals surface area (Å²) in [6, 6.07) is 0. The number of nitrogens with zero attached hydrogens (tertiary/aromatic N) is 2. The Labute approximate surface area is 99.2 Å². The summed E-state index contributed by atoms with van der Waals surface area (Å²) in [5, 5.41) is 13.0. The van der Waals surface area contributed by atoms with Crippen LogP contribution in [0, 0.1) is 0 Å². The molecule has 0 atom stereocenters. The molecule has 1 aliphatic rings. The maximum atomic E-state index is 5.56. The van der Waals surface area contributed by atoms with Crippen molar-refractivity contribution in [1.82, 2.24) is 15.5 Å². The fraction of sp³-hybridized carbons (Fsp3) is 0.800. The van der Waals surface area contributed by atoms with Crippen molar-refractivity contribution in [3.8, 4) is 5.19 Å². The van der Waals surface area contributed by atoms with Crippen molar-refractivity contribution in [3.63, 3.8) is 0 Å². The molecule has 0 aliphatic carbocycles. The Kier molecular flexibility index (Phi) is 3.41. The van der Waals surface area contributed by atoms with Gasteiger partial charge in [0.25, 0.3) is 5.19 Å². The average molecular weight is 243 g/mol. The highest BCUT2D eigenvalue weighted by molar-refractivity contribution is 7.13. The molecule has 0 spiro atoms. The molecule has 1 N–H and O–H groups in total. The number of aromatic nitrogens is 2. The summed E-state index contributed by atoms with van der Waals surface area (Å²) in [5.74, 6) is 0. The smallest absolute Gasteiger partial charge is 0.294 e. The van der Waals surface area contributed by atoms with E-state index in [9.17, 15) is 0 Å². The third kappa shape index (κ3) is 3.40. The standard InChI is InChI=1S/C10H17N3O2S/c1-10(2,3)11-4-8-12-13-9(16-8)15-7-5-14-6-7/h7,11H,4-6H2,1-3H3. The molecule has 0 unspecified atom stereocenters. The highest BCUT2D eigenvalue weighted by Gasteiger charge is 2.22. The molecule has 16 heavy (non-hydrogen) atoms. The molecular weight excluding hydrogens is 226 g/mol. The summed E-state index contributed by atoms with van der Waals surface area (Å²) >= 11 is 1.49. The van der Waals surface area contributed by atoms with Gasteiger partial charge in [-0.3, -0.25) is 0 Å². The van der Waals surface area contributed by atoms with Crippen molar-refractivity contribution in [2.45, 2.75) is 39.0 Å². The molecule has 1 aromatic rings. The molecule has 0 saturated carbocycles. The maximum Gasteiger partial charge on any atom is 0.294 e. The van der Waals surface area contributed by atoms with Gasteiger partial charge in [0.15, 0.2) is 0 Å². The van der Waals surface area contributed by atoms with Crippen LogP contribution in [0.1, 0.15) is 25.8 Å². The third-order valence-corrected chi connectivity index (χ3v) is 2.91. The van der Waals surface area contributed by atoms with E-state index in [1.807, 2.05) is 0 Å². The molecule has 0 amide bonds. The molecule has 90 valence electrons. The van der Waals surface area contributed by atoms with Crippen LogP contribution in [0.4, 0.5) is 0 Å². The van der Waals surface area contributed by atoms with Gasteiger partial charge in [0, 0.05) is 5.54 Å². The minimum Gasteiger partial charge on any atom is -0.461 e. The normalized spacial score (nSPS) is 17.2. The monoisotopic (exact) mass is 243 g/mol. The molecule has 5 nitrogen and oxygen atoms in total. The molecule has 2 heterocycles. The SMILES string of the molecule is CC(C)(C)NCc1nnc(OC2COC2)s1. The van der Waals surface area contributed by atoms with Crippen LogP contribution in [0.2, 0.25) is 0 Å². The molecule has 2 rings (SSSR count). The van der Waals surface area contributed by atoms with Crippen molar-refractivity contribution in [2.24, 2.45) is 0 Å². The van der Waals surface area contributed by atoms with E-state index in [1.54, 1.807) is 0 Å². The van der Waals surface area contributed by atoms with Crippen molar-refractivity contribution in [2.75, 3.05) is 13.2 Å². The lowest BCUT2D eigenvalue weighted by molar-refractivity contribution is -0.0799. The van der Waals surface area contributed by atoms with E-state index in [0.717, 1.165) is 11.6 Å². The lowest BCUT2D eigenvalue weighted by Crippen LogP contribution is -2.38. The van der Waals surface area contributed by atoms with Gasteiger partial charge in [-0.2, -0.15) is 0 Å². The minimum absolute atomic E-state index is 0.0918. The molecule has 1 saturated heterocycles. The zero-order valence-electron chi connectivity index (χ0n) is 9.82. The summed E-state index contributed by atoms with van der Waals surface area (Å²) in [6.07, 6.45) is 0.163. The zero-order chi connectivity index (χ0) is 11.6. The van der Waals surface area contributed by atoms with E-state index in [2.05, 4.69) is 36.3 Å². The molecule has 0 radical (unpaired) electrons. The number of hydrogen-bond donors (Lipinski definition) is 1. The van der Waals surface area contributed by atoms with E-state index in [0.29, 0.717) is 18.4 Å². The van der Waals surface area contributed by atoms with Crippen LogP contribution >= 0.6 is 11.3 Å². The summed E-state index contributed by atoms with van der Waals surface area (Å²) in [5.41, 5.74) is 0.0918. The first-order valence-electron chi connectivity index (χ1n) is 5.35. The van der Waals surface area contributed by atoms with Crippen LogP contribution in [0.5, 0.6) is 5.19 Å². The molecule has 1 aliphatic heterocycles. The van der Waals surface area contributed by atoms with Gasteiger partial charge in [0.05, 0.1) is 19.8 Å². The first-order valence-corrected chi connectivity index (χ1v) is 6.16. The minimum atomic E-state index is 0.0918. The number of hydrogen-bond acceptors (Lipinski definition) is 6. The number of ether oxygens (including phenoxy) is 2. The average Bonchev–Trinajstić information content (AvgIpc) is 2.55. The highest BCUT2D eigenvalue weighted by atomic mass is 32.1. The van der Waals surface area contributed by atoms with Crippen molar-refractivity contribution in [3.05, 3.63) is 5.01 Å². The third-order valence-electron chi connectivity index (χ3n) is 2.09. The van der Waals surface area contributed by atoms with Gasteiger partial charge in [-0.25, -0.2) is 0 Å². The van der Waals surface area contributed by atoms with E-state index in [-0.39, 0.29) is 11.6 Å². The molecule has 0 bridgehead atoms. The van der Waals surface area contributed by atoms with Gasteiger partial charge in [0.2, 0.25) is 0 Å². The van der Waals surface area contributed by atoms with E-state index in [1.165, 1.54) is 11.3 Å². The van der Waals surface area contributed by atoms with E-state index >= 15 is 0 Å². The Morgan fingerprint density at radius 1 is 1.44 bits per heavy atom. The van der Waals surface area contributed by atoms with Crippen LogP contribution in [0.25, 0.3) is 0 Å². The highest BCUT2D eigenvalue weighted by Crippen LogP contribution is 2.21. The largest absolute Gasteiger partial charge is 0.461 e. The molecule has 6 heteroatoms. The van der Waals surface area contributed by atoms with Crippen LogP contribution in [0.15, 0.2) is 0 Å². The van der Waals surface area contributed by atoms with Crippen LogP contribution in [-0.2, 0) is 11.3 Å². The van der Waals surface area contributed by atoms with Crippen LogP contribution in [0.3, 0.4) is 0 Å². The zero-order valence-corrected chi connectivity index (χ0v) is 10.6. The quantitative estimate of drug-likeness (QED) is 0.861. The Morgan fingerprint density at radius 2 is 2.19 bits per heavy atom. The number of rotatable bonds is 4. The van der Waals surface area contributed by atoms with Crippen LogP contribution < -0.4 is 10.1 Å². The fourth-order valence-electron chi connectivity index (χ4n) is 1.12. The van der Waals surface area contributed by atoms with Gasteiger partial charge >= 0.3 is 0 Å². The van der Waals surface area contributed by atoms with Crippen molar-refractivity contribution < 1.29 is 9.47 Å². The molecular formula is C10H17N3O2S. The summed E-state index contributed by atoms with van der Waals surface area (Å²) in [4.78, 5) is 0. The maximum absolute atomic E-state index is 5.56. The first kappa shape index (κ1) is 11.8. The van der Waals surface area contributed by atoms with Gasteiger partial charge in [-0.05, 0) is 20.8 Å². The van der Waals surface area contributed by atoms with Gasteiger partial charge in [0.1, 0.15) is 11.1 Å². The Balaban J connectivity index is 1.82. The van der Waals surface area contributed by atoms with Gasteiger partial charge < -0.3 is 14.8 Å². The van der Waals surface area contributed by atoms with Crippen LogP contribution in [-0.4, -0.2) is 35.1 Å². The van der Waals surface area contributed by atoms with E-state index in [4.69, 9.17) is 9.47 Å². The van der Waals surface area contributed by atoms with Crippen molar-refractivity contribution in [1.29, 1.82) is 0 Å². The van der Waals surface area contributed by atoms with Crippen molar-refractivity contribution >= 4 is 11.3 Å². The summed E-state index contributed by atoms with van der Waals surface area (Å²) in [6.45, 7) is 8.42. The molecule has 0 aromatic carbocycles. The second-order valence-electron chi connectivity index (χ2n) is 4.84. The number of nitrogens with one attached hydrogen (secondary N) is 1. The van der Waals surface area contributed by atoms with Gasteiger partial charge in [-0.15, -0.1) is 5.10 Å². The Bertz CT molecular complexity index is 344. The lowest BCUT2D eigenvalue weighted by atomic mass is 10.1. The lowest BCUT2D eigenvalue weighted by Gasteiger charge is -2.24. The Morgan fingerprint density at radius 3 is 2.75 bits per heavy atom. The topological polar surface area (TPSA) is 56.3 Å². The fourth-order valence-corrected chi connectivity index (χ4v) is 1.82. The second-order valence-corrected chi connectivity index (χ2v) is 5.87. The predicted molar refractivity (Wildman–Crippen MR) is 61.7 cm³/mol. The molecule has 1 aromatic heterocycles. The second kappa shape index (κ2) is 4.65. The predicted octanol–water partition coefficient (Wildman–Crippen LogP) is 1.20. The van der Waals surface area contributed by atoms with E-state index < -0.39 is 0 Å². The Hall–Kier alpha value is -0.720. The summed E-state index contributed by atoms with van der Waals surface area (Å²) < 4.78 is 10.6. The molecule has 1 fully saturated rings. The van der Waals surface area contributed by atoms with Gasteiger partial charge in [-0.1, -0.05) is 16.4 Å². The first-order chi connectivity index (χ1) is 7.53.